The van der Waals surface area contributed by atoms with Crippen molar-refractivity contribution in [2.75, 3.05) is 7.05 Å². The van der Waals surface area contributed by atoms with Gasteiger partial charge in [0, 0.05) is 12.5 Å². The van der Waals surface area contributed by atoms with Crippen LogP contribution < -0.4 is 5.32 Å². The van der Waals surface area contributed by atoms with Crippen molar-refractivity contribution in [2.45, 2.75) is 45.8 Å². The summed E-state index contributed by atoms with van der Waals surface area (Å²) in [6, 6.07) is 0.0525. The Morgan fingerprint density at radius 3 is 2.33 bits per heavy atom. The number of rotatable bonds is 4. The molecule has 4 nitrogen and oxygen atoms in total. The summed E-state index contributed by atoms with van der Waals surface area (Å²) in [6.45, 7) is 6.09. The number of aromatic nitrogens is 2. The molecule has 104 valence electrons. The van der Waals surface area contributed by atoms with Crippen LogP contribution in [0.4, 0.5) is 13.2 Å². The second kappa shape index (κ2) is 5.26. The van der Waals surface area contributed by atoms with Crippen molar-refractivity contribution in [2.24, 2.45) is 5.41 Å². The van der Waals surface area contributed by atoms with Crippen LogP contribution in [0.25, 0.3) is 0 Å². The summed E-state index contributed by atoms with van der Waals surface area (Å²) >= 11 is 0. The van der Waals surface area contributed by atoms with Gasteiger partial charge in [-0.15, -0.1) is 0 Å². The first-order valence-corrected chi connectivity index (χ1v) is 5.67. The quantitative estimate of drug-likeness (QED) is 0.908. The third kappa shape index (κ3) is 4.64. The molecule has 1 rings (SSSR count). The number of alkyl halides is 3. The molecule has 1 atom stereocenters. The molecular weight excluding hydrogens is 247 g/mol. The first-order valence-electron chi connectivity index (χ1n) is 5.67. The van der Waals surface area contributed by atoms with Gasteiger partial charge in [0.25, 0.3) is 0 Å². The predicted octanol–water partition coefficient (Wildman–Crippen LogP) is 2.35. The highest BCUT2D eigenvalue weighted by Crippen LogP contribution is 2.23. The molecule has 0 saturated carbocycles. The maximum atomic E-state index is 12.1. The SMILES string of the molecule is CNC(Cc1nc(CC(F)(F)F)no1)C(C)(C)C. The molecular formula is C11H18F3N3O. The van der Waals surface area contributed by atoms with Gasteiger partial charge in [-0.3, -0.25) is 0 Å². The molecule has 0 spiro atoms. The van der Waals surface area contributed by atoms with Crippen molar-refractivity contribution < 1.29 is 17.7 Å². The second-order valence-corrected chi connectivity index (χ2v) is 5.31. The number of hydrogen-bond acceptors (Lipinski definition) is 4. The van der Waals surface area contributed by atoms with Gasteiger partial charge in [-0.25, -0.2) is 0 Å². The van der Waals surface area contributed by atoms with Crippen molar-refractivity contribution in [3.8, 4) is 0 Å². The monoisotopic (exact) mass is 265 g/mol. The first-order chi connectivity index (χ1) is 8.12. The zero-order chi connectivity index (χ0) is 14.0. The van der Waals surface area contributed by atoms with Gasteiger partial charge in [0.15, 0.2) is 5.82 Å². The van der Waals surface area contributed by atoms with Gasteiger partial charge in [-0.2, -0.15) is 18.2 Å². The van der Waals surface area contributed by atoms with E-state index >= 15 is 0 Å². The van der Waals surface area contributed by atoms with Crippen LogP contribution in [-0.2, 0) is 12.8 Å². The van der Waals surface area contributed by atoms with Gasteiger partial charge in [-0.1, -0.05) is 25.9 Å². The van der Waals surface area contributed by atoms with Crippen molar-refractivity contribution in [1.82, 2.24) is 15.5 Å². The van der Waals surface area contributed by atoms with Gasteiger partial charge < -0.3 is 9.84 Å². The largest absolute Gasteiger partial charge is 0.396 e. The summed E-state index contributed by atoms with van der Waals surface area (Å²) in [5.41, 5.74) is -0.0482. The summed E-state index contributed by atoms with van der Waals surface area (Å²) in [4.78, 5) is 3.76. The zero-order valence-electron chi connectivity index (χ0n) is 10.9. The number of nitrogens with zero attached hydrogens (tertiary/aromatic N) is 2. The lowest BCUT2D eigenvalue weighted by Crippen LogP contribution is -2.39. The first kappa shape index (κ1) is 14.9. The smallest absolute Gasteiger partial charge is 0.339 e. The molecule has 1 N–H and O–H groups in total. The molecule has 0 aliphatic carbocycles. The number of hydrogen-bond donors (Lipinski definition) is 1. The van der Waals surface area contributed by atoms with Gasteiger partial charge in [0.05, 0.1) is 0 Å². The molecule has 0 aliphatic heterocycles. The molecule has 1 heterocycles. The van der Waals surface area contributed by atoms with Gasteiger partial charge >= 0.3 is 6.18 Å². The second-order valence-electron chi connectivity index (χ2n) is 5.31. The molecule has 0 saturated heterocycles. The van der Waals surface area contributed by atoms with E-state index in [1.165, 1.54) is 0 Å². The Balaban J connectivity index is 2.69. The molecule has 1 aromatic rings. The van der Waals surface area contributed by atoms with Crippen LogP contribution in [0.1, 0.15) is 32.5 Å². The average Bonchev–Trinajstić information content (AvgIpc) is 2.57. The molecule has 0 bridgehead atoms. The van der Waals surface area contributed by atoms with E-state index < -0.39 is 12.6 Å². The van der Waals surface area contributed by atoms with Crippen LogP contribution >= 0.6 is 0 Å². The average molecular weight is 265 g/mol. The Morgan fingerprint density at radius 2 is 1.89 bits per heavy atom. The third-order valence-corrected chi connectivity index (χ3v) is 2.64. The number of halogens is 3. The van der Waals surface area contributed by atoms with E-state index in [0.717, 1.165) is 0 Å². The zero-order valence-corrected chi connectivity index (χ0v) is 10.9. The van der Waals surface area contributed by atoms with E-state index in [1.54, 1.807) is 7.05 Å². The number of nitrogens with one attached hydrogen (secondary N) is 1. The molecule has 0 fully saturated rings. The summed E-state index contributed by atoms with van der Waals surface area (Å²) in [6.07, 6.45) is -5.06. The third-order valence-electron chi connectivity index (χ3n) is 2.64. The fourth-order valence-corrected chi connectivity index (χ4v) is 1.64. The fraction of sp³-hybridized carbons (Fsp3) is 0.818. The highest BCUT2D eigenvalue weighted by atomic mass is 19.4. The Labute approximate surface area is 104 Å². The van der Waals surface area contributed by atoms with Crippen molar-refractivity contribution in [3.63, 3.8) is 0 Å². The number of likely N-dealkylation sites (N-methyl/N-ethyl adjacent to an activating group) is 1. The lowest BCUT2D eigenvalue weighted by Gasteiger charge is -2.29. The minimum Gasteiger partial charge on any atom is -0.339 e. The fourth-order valence-electron chi connectivity index (χ4n) is 1.64. The van der Waals surface area contributed by atoms with Crippen LogP contribution in [0, 0.1) is 5.41 Å². The molecule has 1 aromatic heterocycles. The van der Waals surface area contributed by atoms with E-state index in [2.05, 4.69) is 15.5 Å². The normalized spacial score (nSPS) is 14.8. The maximum absolute atomic E-state index is 12.1. The summed E-state index contributed by atoms with van der Waals surface area (Å²) in [7, 11) is 1.79. The van der Waals surface area contributed by atoms with E-state index in [-0.39, 0.29) is 23.2 Å². The minimum atomic E-state index is -4.31. The maximum Gasteiger partial charge on any atom is 0.396 e. The standard InChI is InChI=1S/C11H18F3N3O/c1-10(2,3)7(15-4)5-9-16-8(17-18-9)6-11(12,13)14/h7,15H,5-6H2,1-4H3. The van der Waals surface area contributed by atoms with E-state index in [1.807, 2.05) is 20.8 Å². The Morgan fingerprint density at radius 1 is 1.28 bits per heavy atom. The van der Waals surface area contributed by atoms with Crippen LogP contribution in [0.5, 0.6) is 0 Å². The lowest BCUT2D eigenvalue weighted by atomic mass is 9.85. The summed E-state index contributed by atoms with van der Waals surface area (Å²) in [5, 5.41) is 6.44. The predicted molar refractivity (Wildman–Crippen MR) is 60.1 cm³/mol. The van der Waals surface area contributed by atoms with Crippen LogP contribution in [-0.4, -0.2) is 29.4 Å². The highest BCUT2D eigenvalue weighted by molar-refractivity contribution is 4.94. The molecule has 0 amide bonds. The summed E-state index contributed by atoms with van der Waals surface area (Å²) < 4.78 is 41.2. The molecule has 0 aliphatic rings. The summed E-state index contributed by atoms with van der Waals surface area (Å²) in [5.74, 6) is -0.0928. The van der Waals surface area contributed by atoms with E-state index in [0.29, 0.717) is 6.42 Å². The van der Waals surface area contributed by atoms with Gasteiger partial charge in [0.2, 0.25) is 5.89 Å². The molecule has 7 heteroatoms. The minimum absolute atomic E-state index is 0.0482. The highest BCUT2D eigenvalue weighted by Gasteiger charge is 2.31. The van der Waals surface area contributed by atoms with E-state index in [4.69, 9.17) is 4.52 Å². The Kier molecular flexibility index (Phi) is 4.37. The molecule has 0 radical (unpaired) electrons. The molecule has 0 aromatic carbocycles. The van der Waals surface area contributed by atoms with E-state index in [9.17, 15) is 13.2 Å². The van der Waals surface area contributed by atoms with Crippen molar-refractivity contribution in [3.05, 3.63) is 11.7 Å². The van der Waals surface area contributed by atoms with Crippen molar-refractivity contribution >= 4 is 0 Å². The lowest BCUT2D eigenvalue weighted by molar-refractivity contribution is -0.128. The van der Waals surface area contributed by atoms with Crippen molar-refractivity contribution in [1.29, 1.82) is 0 Å². The van der Waals surface area contributed by atoms with Crippen LogP contribution in [0.2, 0.25) is 0 Å². The topological polar surface area (TPSA) is 51.0 Å². The van der Waals surface area contributed by atoms with Gasteiger partial charge in [-0.05, 0) is 12.5 Å². The molecule has 1 unspecified atom stereocenters. The molecule has 18 heavy (non-hydrogen) atoms. The van der Waals surface area contributed by atoms with Crippen LogP contribution in [0.3, 0.4) is 0 Å². The van der Waals surface area contributed by atoms with Gasteiger partial charge in [0.1, 0.15) is 6.42 Å². The Bertz CT molecular complexity index is 382. The Hall–Kier alpha value is -1.11. The van der Waals surface area contributed by atoms with Crippen LogP contribution in [0.15, 0.2) is 4.52 Å².